The molecule has 1 N–H and O–H groups in total. The molecule has 0 fully saturated rings. The third-order valence-electron chi connectivity index (χ3n) is 2.94. The molecule has 2 rings (SSSR count). The van der Waals surface area contributed by atoms with E-state index in [1.165, 1.54) is 0 Å². The molecule has 2 aromatic rings. The number of rotatable bonds is 5. The van der Waals surface area contributed by atoms with Gasteiger partial charge >= 0.3 is 5.97 Å². The van der Waals surface area contributed by atoms with Gasteiger partial charge in [0.2, 0.25) is 0 Å². The first-order valence-corrected chi connectivity index (χ1v) is 6.39. The Morgan fingerprint density at radius 1 is 1.05 bits per heavy atom. The Balaban J connectivity index is 2.48. The number of nitrogens with zero attached hydrogens (tertiary/aromatic N) is 1. The molecule has 0 saturated carbocycles. The van der Waals surface area contributed by atoms with Crippen molar-refractivity contribution in [2.45, 2.75) is 13.3 Å². The lowest BCUT2D eigenvalue weighted by molar-refractivity contribution is 0.0697. The Bertz CT molecular complexity index is 552. The van der Waals surface area contributed by atoms with Gasteiger partial charge in [-0.3, -0.25) is 0 Å². The van der Waals surface area contributed by atoms with Crippen molar-refractivity contribution in [1.82, 2.24) is 0 Å². The standard InChI is InChI=1S/C16H17NO2/c1-2-12-17(13-8-4-3-5-9-13)15-11-7-6-10-14(15)16(18)19/h3-11H,2,12H2,1H3,(H,18,19). The molecule has 0 aliphatic heterocycles. The monoisotopic (exact) mass is 255 g/mol. The third kappa shape index (κ3) is 2.94. The minimum Gasteiger partial charge on any atom is -0.478 e. The predicted octanol–water partition coefficient (Wildman–Crippen LogP) is 3.93. The van der Waals surface area contributed by atoms with Crippen LogP contribution in [0.4, 0.5) is 11.4 Å². The van der Waals surface area contributed by atoms with E-state index in [2.05, 4.69) is 6.92 Å². The van der Waals surface area contributed by atoms with Crippen LogP contribution in [0.5, 0.6) is 0 Å². The smallest absolute Gasteiger partial charge is 0.337 e. The Morgan fingerprint density at radius 2 is 1.68 bits per heavy atom. The molecule has 0 bridgehead atoms. The van der Waals surface area contributed by atoms with Gasteiger partial charge in [-0.15, -0.1) is 0 Å². The van der Waals surface area contributed by atoms with E-state index in [9.17, 15) is 9.90 Å². The Morgan fingerprint density at radius 3 is 2.32 bits per heavy atom. The van der Waals surface area contributed by atoms with Crippen LogP contribution in [0.2, 0.25) is 0 Å². The molecular weight excluding hydrogens is 238 g/mol. The summed E-state index contributed by atoms with van der Waals surface area (Å²) in [6.45, 7) is 2.87. The summed E-state index contributed by atoms with van der Waals surface area (Å²) in [5, 5.41) is 9.30. The van der Waals surface area contributed by atoms with Gasteiger partial charge < -0.3 is 10.0 Å². The molecule has 2 aromatic carbocycles. The van der Waals surface area contributed by atoms with E-state index >= 15 is 0 Å². The lowest BCUT2D eigenvalue weighted by Crippen LogP contribution is -2.20. The molecule has 0 atom stereocenters. The van der Waals surface area contributed by atoms with Crippen LogP contribution in [0, 0.1) is 0 Å². The molecule has 19 heavy (non-hydrogen) atoms. The maximum absolute atomic E-state index is 11.3. The SMILES string of the molecule is CCCN(c1ccccc1)c1ccccc1C(=O)O. The Kier molecular flexibility index (Phi) is 4.18. The molecule has 0 heterocycles. The van der Waals surface area contributed by atoms with E-state index in [0.717, 1.165) is 24.3 Å². The summed E-state index contributed by atoms with van der Waals surface area (Å²) < 4.78 is 0. The average Bonchev–Trinajstić information content (AvgIpc) is 2.45. The van der Waals surface area contributed by atoms with Crippen LogP contribution < -0.4 is 4.90 Å². The van der Waals surface area contributed by atoms with Crippen molar-refractivity contribution < 1.29 is 9.90 Å². The number of benzene rings is 2. The fraction of sp³-hybridized carbons (Fsp3) is 0.188. The van der Waals surface area contributed by atoms with Crippen molar-refractivity contribution >= 4 is 17.3 Å². The van der Waals surface area contributed by atoms with Gasteiger partial charge in [-0.05, 0) is 30.7 Å². The van der Waals surface area contributed by atoms with Gasteiger partial charge in [-0.1, -0.05) is 37.3 Å². The second-order valence-electron chi connectivity index (χ2n) is 4.31. The number of carbonyl (C=O) groups is 1. The summed E-state index contributed by atoms with van der Waals surface area (Å²) in [6, 6.07) is 17.0. The first kappa shape index (κ1) is 13.1. The van der Waals surface area contributed by atoms with E-state index in [1.54, 1.807) is 12.1 Å². The summed E-state index contributed by atoms with van der Waals surface area (Å²) >= 11 is 0. The number of aromatic carboxylic acids is 1. The summed E-state index contributed by atoms with van der Waals surface area (Å²) in [5.74, 6) is -0.896. The molecular formula is C16H17NO2. The maximum atomic E-state index is 11.3. The lowest BCUT2D eigenvalue weighted by Gasteiger charge is -2.25. The van der Waals surface area contributed by atoms with Crippen LogP contribution in [0.3, 0.4) is 0 Å². The number of para-hydroxylation sites is 2. The number of hydrogen-bond donors (Lipinski definition) is 1. The molecule has 0 unspecified atom stereocenters. The molecule has 0 aliphatic rings. The molecule has 0 amide bonds. The summed E-state index contributed by atoms with van der Waals surface area (Å²) in [6.07, 6.45) is 0.947. The fourth-order valence-corrected chi connectivity index (χ4v) is 2.11. The second kappa shape index (κ2) is 6.05. The van der Waals surface area contributed by atoms with Crippen molar-refractivity contribution in [1.29, 1.82) is 0 Å². The molecule has 3 nitrogen and oxygen atoms in total. The Labute approximate surface area is 113 Å². The van der Waals surface area contributed by atoms with Gasteiger partial charge in [0.15, 0.2) is 0 Å². The van der Waals surface area contributed by atoms with Gasteiger partial charge in [0.05, 0.1) is 11.3 Å². The highest BCUT2D eigenvalue weighted by atomic mass is 16.4. The van der Waals surface area contributed by atoms with Crippen LogP contribution in [0.15, 0.2) is 54.6 Å². The summed E-state index contributed by atoms with van der Waals surface area (Å²) in [4.78, 5) is 13.4. The van der Waals surface area contributed by atoms with Crippen molar-refractivity contribution in [3.63, 3.8) is 0 Å². The first-order chi connectivity index (χ1) is 9.24. The molecule has 0 spiro atoms. The number of anilines is 2. The van der Waals surface area contributed by atoms with E-state index in [4.69, 9.17) is 0 Å². The highest BCUT2D eigenvalue weighted by Gasteiger charge is 2.15. The van der Waals surface area contributed by atoms with Gasteiger partial charge in [0, 0.05) is 12.2 Å². The average molecular weight is 255 g/mol. The van der Waals surface area contributed by atoms with Gasteiger partial charge in [-0.25, -0.2) is 4.79 Å². The zero-order valence-electron chi connectivity index (χ0n) is 10.9. The quantitative estimate of drug-likeness (QED) is 0.880. The molecule has 0 saturated heterocycles. The number of carboxylic acid groups (broad SMARTS) is 1. The van der Waals surface area contributed by atoms with E-state index in [-0.39, 0.29) is 0 Å². The number of hydrogen-bond acceptors (Lipinski definition) is 2. The maximum Gasteiger partial charge on any atom is 0.337 e. The first-order valence-electron chi connectivity index (χ1n) is 6.39. The lowest BCUT2D eigenvalue weighted by atomic mass is 10.1. The van der Waals surface area contributed by atoms with Crippen molar-refractivity contribution in [3.05, 3.63) is 60.2 Å². The molecule has 0 aromatic heterocycles. The van der Waals surface area contributed by atoms with Gasteiger partial charge in [-0.2, -0.15) is 0 Å². The Hall–Kier alpha value is -2.29. The molecule has 98 valence electrons. The van der Waals surface area contributed by atoms with Crippen LogP contribution in [0.25, 0.3) is 0 Å². The normalized spacial score (nSPS) is 10.2. The number of carboxylic acids is 1. The minimum atomic E-state index is -0.896. The van der Waals surface area contributed by atoms with E-state index in [1.807, 2.05) is 47.4 Å². The van der Waals surface area contributed by atoms with Crippen LogP contribution in [0.1, 0.15) is 23.7 Å². The highest BCUT2D eigenvalue weighted by molar-refractivity contribution is 5.95. The predicted molar refractivity (Wildman–Crippen MR) is 77.1 cm³/mol. The largest absolute Gasteiger partial charge is 0.478 e. The van der Waals surface area contributed by atoms with Crippen LogP contribution in [-0.4, -0.2) is 17.6 Å². The fourth-order valence-electron chi connectivity index (χ4n) is 2.11. The summed E-state index contributed by atoms with van der Waals surface area (Å²) in [5.41, 5.74) is 2.08. The zero-order chi connectivity index (χ0) is 13.7. The van der Waals surface area contributed by atoms with Crippen molar-refractivity contribution in [2.24, 2.45) is 0 Å². The zero-order valence-corrected chi connectivity index (χ0v) is 10.9. The molecule has 3 heteroatoms. The minimum absolute atomic E-state index is 0.333. The van der Waals surface area contributed by atoms with E-state index < -0.39 is 5.97 Å². The van der Waals surface area contributed by atoms with Crippen molar-refractivity contribution in [2.75, 3.05) is 11.4 Å². The van der Waals surface area contributed by atoms with Gasteiger partial charge in [0.1, 0.15) is 0 Å². The molecule has 0 aliphatic carbocycles. The second-order valence-corrected chi connectivity index (χ2v) is 4.31. The molecule has 0 radical (unpaired) electrons. The topological polar surface area (TPSA) is 40.5 Å². The van der Waals surface area contributed by atoms with Crippen LogP contribution in [-0.2, 0) is 0 Å². The summed E-state index contributed by atoms with van der Waals surface area (Å²) in [7, 11) is 0. The van der Waals surface area contributed by atoms with Crippen molar-refractivity contribution in [3.8, 4) is 0 Å². The highest BCUT2D eigenvalue weighted by Crippen LogP contribution is 2.28. The van der Waals surface area contributed by atoms with Crippen LogP contribution >= 0.6 is 0 Å². The van der Waals surface area contributed by atoms with E-state index in [0.29, 0.717) is 5.56 Å². The van der Waals surface area contributed by atoms with Gasteiger partial charge in [0.25, 0.3) is 0 Å². The third-order valence-corrected chi connectivity index (χ3v) is 2.94.